The van der Waals surface area contributed by atoms with Crippen LogP contribution in [0.1, 0.15) is 26.1 Å². The molecule has 6 nitrogen and oxygen atoms in total. The summed E-state index contributed by atoms with van der Waals surface area (Å²) >= 11 is 7.47. The lowest BCUT2D eigenvalue weighted by molar-refractivity contribution is 0.0999. The first-order chi connectivity index (χ1) is 16.5. The maximum absolute atomic E-state index is 13.4. The molecule has 2 heterocycles. The second kappa shape index (κ2) is 9.13. The molecule has 0 saturated heterocycles. The topological polar surface area (TPSA) is 84.2 Å². The SMILES string of the molecule is Cc1nc(C(=O)Nc2c(C(=O)Nc3cccc(Cl)c3)oc3ccccc23)c(-c2ccccc2)s1. The number of nitrogens with one attached hydrogen (secondary N) is 2. The molecule has 2 aromatic heterocycles. The minimum atomic E-state index is -0.508. The number of amides is 2. The number of nitrogens with zero attached hydrogens (tertiary/aromatic N) is 1. The normalized spacial score (nSPS) is 10.9. The molecular formula is C26H18ClN3O3S. The van der Waals surface area contributed by atoms with E-state index in [-0.39, 0.29) is 11.4 Å². The number of para-hydroxylation sites is 1. The fourth-order valence-electron chi connectivity index (χ4n) is 3.62. The van der Waals surface area contributed by atoms with E-state index in [9.17, 15) is 9.59 Å². The largest absolute Gasteiger partial charge is 0.449 e. The summed E-state index contributed by atoms with van der Waals surface area (Å²) in [6.07, 6.45) is 0. The van der Waals surface area contributed by atoms with Crippen molar-refractivity contribution in [2.75, 3.05) is 10.6 Å². The molecule has 0 aliphatic carbocycles. The van der Waals surface area contributed by atoms with E-state index in [1.165, 1.54) is 11.3 Å². The monoisotopic (exact) mass is 487 g/mol. The number of thiazole rings is 1. The molecule has 0 saturated carbocycles. The van der Waals surface area contributed by atoms with Crippen molar-refractivity contribution < 1.29 is 14.0 Å². The summed E-state index contributed by atoms with van der Waals surface area (Å²) in [5.74, 6) is -0.944. The van der Waals surface area contributed by atoms with E-state index < -0.39 is 11.8 Å². The Labute approximate surface area is 204 Å². The Morgan fingerprint density at radius 1 is 0.912 bits per heavy atom. The Kier molecular flexibility index (Phi) is 5.88. The lowest BCUT2D eigenvalue weighted by Gasteiger charge is -2.08. The van der Waals surface area contributed by atoms with Gasteiger partial charge in [-0.1, -0.05) is 60.1 Å². The molecule has 168 valence electrons. The molecule has 0 atom stereocenters. The van der Waals surface area contributed by atoms with Gasteiger partial charge in [-0.15, -0.1) is 11.3 Å². The Hall–Kier alpha value is -3.94. The fraction of sp³-hybridized carbons (Fsp3) is 0.0385. The van der Waals surface area contributed by atoms with Gasteiger partial charge in [0.05, 0.1) is 9.88 Å². The van der Waals surface area contributed by atoms with E-state index in [4.69, 9.17) is 16.0 Å². The molecule has 0 bridgehead atoms. The summed E-state index contributed by atoms with van der Waals surface area (Å²) in [5, 5.41) is 7.51. The van der Waals surface area contributed by atoms with E-state index in [0.717, 1.165) is 15.4 Å². The first kappa shape index (κ1) is 21.9. The number of hydrogen-bond donors (Lipinski definition) is 2. The Bertz CT molecular complexity index is 1530. The van der Waals surface area contributed by atoms with Crippen LogP contribution >= 0.6 is 22.9 Å². The van der Waals surface area contributed by atoms with Crippen LogP contribution in [-0.2, 0) is 0 Å². The van der Waals surface area contributed by atoms with Gasteiger partial charge in [-0.3, -0.25) is 9.59 Å². The van der Waals surface area contributed by atoms with Crippen molar-refractivity contribution in [1.29, 1.82) is 0 Å². The number of hydrogen-bond acceptors (Lipinski definition) is 5. The predicted molar refractivity (Wildman–Crippen MR) is 136 cm³/mol. The number of halogens is 1. The van der Waals surface area contributed by atoms with Crippen LogP contribution in [0.3, 0.4) is 0 Å². The zero-order valence-corrected chi connectivity index (χ0v) is 19.5. The van der Waals surface area contributed by atoms with Crippen LogP contribution in [0.25, 0.3) is 21.4 Å². The number of rotatable bonds is 5. The molecule has 8 heteroatoms. The highest BCUT2D eigenvalue weighted by atomic mass is 35.5. The zero-order chi connectivity index (χ0) is 23.7. The van der Waals surface area contributed by atoms with Crippen molar-refractivity contribution in [1.82, 2.24) is 4.98 Å². The van der Waals surface area contributed by atoms with Gasteiger partial charge < -0.3 is 15.1 Å². The van der Waals surface area contributed by atoms with Crippen LogP contribution in [0.15, 0.2) is 83.3 Å². The van der Waals surface area contributed by atoms with Crippen molar-refractivity contribution >= 4 is 57.1 Å². The van der Waals surface area contributed by atoms with E-state index >= 15 is 0 Å². The number of carbonyl (C=O) groups is 2. The van der Waals surface area contributed by atoms with E-state index in [1.54, 1.807) is 42.5 Å². The van der Waals surface area contributed by atoms with E-state index in [1.807, 2.05) is 43.3 Å². The van der Waals surface area contributed by atoms with Gasteiger partial charge in [-0.05, 0) is 42.8 Å². The molecule has 0 spiro atoms. The third kappa shape index (κ3) is 4.31. The molecule has 0 fully saturated rings. The molecule has 0 aliphatic heterocycles. The van der Waals surface area contributed by atoms with E-state index in [0.29, 0.717) is 27.4 Å². The Morgan fingerprint density at radius 2 is 1.68 bits per heavy atom. The molecular weight excluding hydrogens is 470 g/mol. The molecule has 3 aromatic carbocycles. The van der Waals surface area contributed by atoms with Crippen LogP contribution in [0.4, 0.5) is 11.4 Å². The predicted octanol–water partition coefficient (Wildman–Crippen LogP) is 7.02. The highest BCUT2D eigenvalue weighted by molar-refractivity contribution is 7.15. The number of benzene rings is 3. The fourth-order valence-corrected chi connectivity index (χ4v) is 4.73. The lowest BCUT2D eigenvalue weighted by atomic mass is 10.1. The van der Waals surface area contributed by atoms with Crippen molar-refractivity contribution in [3.8, 4) is 10.4 Å². The smallest absolute Gasteiger partial charge is 0.293 e. The molecule has 5 rings (SSSR count). The third-order valence-electron chi connectivity index (χ3n) is 5.11. The van der Waals surface area contributed by atoms with Crippen LogP contribution < -0.4 is 10.6 Å². The Morgan fingerprint density at radius 3 is 2.47 bits per heavy atom. The summed E-state index contributed by atoms with van der Waals surface area (Å²) in [6.45, 7) is 1.85. The maximum Gasteiger partial charge on any atom is 0.293 e. The van der Waals surface area contributed by atoms with Crippen molar-refractivity contribution in [3.63, 3.8) is 0 Å². The number of anilines is 2. The van der Waals surface area contributed by atoms with Crippen molar-refractivity contribution in [3.05, 3.63) is 100 Å². The quantitative estimate of drug-likeness (QED) is 0.279. The van der Waals surface area contributed by atoms with Crippen molar-refractivity contribution in [2.24, 2.45) is 0 Å². The number of fused-ring (bicyclic) bond motifs is 1. The zero-order valence-electron chi connectivity index (χ0n) is 18.0. The maximum atomic E-state index is 13.4. The second-order valence-corrected chi connectivity index (χ2v) is 9.14. The van der Waals surface area contributed by atoms with Crippen molar-refractivity contribution in [2.45, 2.75) is 6.92 Å². The molecule has 5 aromatic rings. The summed E-state index contributed by atoms with van der Waals surface area (Å²) < 4.78 is 5.84. The molecule has 0 radical (unpaired) electrons. The van der Waals surface area contributed by atoms with Gasteiger partial charge in [-0.2, -0.15) is 0 Å². The number of aromatic nitrogens is 1. The Balaban J connectivity index is 1.52. The first-order valence-corrected chi connectivity index (χ1v) is 11.6. The number of aryl methyl sites for hydroxylation is 1. The molecule has 0 unspecified atom stereocenters. The van der Waals surface area contributed by atoms with Gasteiger partial charge in [0.1, 0.15) is 17.0 Å². The van der Waals surface area contributed by atoms with Gasteiger partial charge in [0.2, 0.25) is 5.76 Å². The van der Waals surface area contributed by atoms with Crippen LogP contribution in [0.2, 0.25) is 5.02 Å². The summed E-state index contributed by atoms with van der Waals surface area (Å²) in [5.41, 5.74) is 2.46. The number of carbonyl (C=O) groups excluding carboxylic acids is 2. The highest BCUT2D eigenvalue weighted by Gasteiger charge is 2.25. The van der Waals surface area contributed by atoms with Gasteiger partial charge in [-0.25, -0.2) is 4.98 Å². The van der Waals surface area contributed by atoms with E-state index in [2.05, 4.69) is 15.6 Å². The minimum Gasteiger partial charge on any atom is -0.449 e. The number of furan rings is 1. The lowest BCUT2D eigenvalue weighted by Crippen LogP contribution is -2.18. The summed E-state index contributed by atoms with van der Waals surface area (Å²) in [7, 11) is 0. The minimum absolute atomic E-state index is 0.0114. The standard InChI is InChI=1S/C26H18ClN3O3S/c1-15-28-22(24(34-15)16-8-3-2-4-9-16)25(31)30-21-19-12-5-6-13-20(19)33-23(21)26(32)29-18-11-7-10-17(27)14-18/h2-14H,1H3,(H,29,32)(H,30,31). The molecule has 0 aliphatic rings. The molecule has 2 N–H and O–H groups in total. The summed E-state index contributed by atoms with van der Waals surface area (Å²) in [4.78, 5) is 31.7. The highest BCUT2D eigenvalue weighted by Crippen LogP contribution is 2.34. The molecule has 2 amide bonds. The van der Waals surface area contributed by atoms with Gasteiger partial charge in [0, 0.05) is 16.1 Å². The summed E-state index contributed by atoms with van der Waals surface area (Å²) in [6, 6.07) is 23.5. The average Bonchev–Trinajstić information content (AvgIpc) is 3.41. The van der Waals surface area contributed by atoms with Gasteiger partial charge >= 0.3 is 0 Å². The molecule has 34 heavy (non-hydrogen) atoms. The first-order valence-electron chi connectivity index (χ1n) is 10.4. The van der Waals surface area contributed by atoms with Gasteiger partial charge in [0.25, 0.3) is 11.8 Å². The second-order valence-electron chi connectivity index (χ2n) is 7.50. The van der Waals surface area contributed by atoms with Crippen LogP contribution in [0, 0.1) is 6.92 Å². The van der Waals surface area contributed by atoms with Gasteiger partial charge in [0.15, 0.2) is 0 Å². The van der Waals surface area contributed by atoms with Crippen LogP contribution in [0.5, 0.6) is 0 Å². The average molecular weight is 488 g/mol. The third-order valence-corrected chi connectivity index (χ3v) is 6.36. The van der Waals surface area contributed by atoms with Crippen LogP contribution in [-0.4, -0.2) is 16.8 Å².